The lowest BCUT2D eigenvalue weighted by atomic mass is 10.1. The Morgan fingerprint density at radius 2 is 1.88 bits per heavy atom. The molecule has 2 atom stereocenters. The van der Waals surface area contributed by atoms with Crippen molar-refractivity contribution in [3.63, 3.8) is 0 Å². The Morgan fingerprint density at radius 3 is 2.58 bits per heavy atom. The van der Waals surface area contributed by atoms with E-state index in [-0.39, 0.29) is 17.5 Å². The van der Waals surface area contributed by atoms with Gasteiger partial charge in [-0.15, -0.1) is 0 Å². The molecule has 5 nitrogen and oxygen atoms in total. The second-order valence-electron chi connectivity index (χ2n) is 5.67. The van der Waals surface area contributed by atoms with Gasteiger partial charge in [0.05, 0.1) is 5.92 Å². The maximum Gasteiger partial charge on any atom is 0.310 e. The fourth-order valence-electron chi connectivity index (χ4n) is 2.56. The Kier molecular flexibility index (Phi) is 4.46. The monoisotopic (exact) mass is 329 g/mol. The number of hydrogen-bond donors (Lipinski definition) is 2. The largest absolute Gasteiger partial charge is 0.508 e. The Morgan fingerprint density at radius 1 is 1.17 bits per heavy atom. The van der Waals surface area contributed by atoms with E-state index < -0.39 is 24.4 Å². The van der Waals surface area contributed by atoms with Gasteiger partial charge < -0.3 is 15.2 Å². The van der Waals surface area contributed by atoms with Crippen molar-refractivity contribution in [2.45, 2.75) is 12.3 Å². The number of aromatic hydroxyl groups is 1. The molecule has 0 unspecified atom stereocenters. The van der Waals surface area contributed by atoms with Gasteiger partial charge in [-0.05, 0) is 42.3 Å². The number of phenols is 1. The molecular formula is C18H16FNO4. The molecule has 1 fully saturated rings. The Hall–Kier alpha value is -2.89. The van der Waals surface area contributed by atoms with Gasteiger partial charge in [0.1, 0.15) is 11.6 Å². The van der Waals surface area contributed by atoms with Crippen LogP contribution in [0.2, 0.25) is 0 Å². The number of esters is 1. The first kappa shape index (κ1) is 16.0. The van der Waals surface area contributed by atoms with Crippen LogP contribution in [0.1, 0.15) is 17.9 Å². The van der Waals surface area contributed by atoms with Crippen molar-refractivity contribution < 1.29 is 23.8 Å². The summed E-state index contributed by atoms with van der Waals surface area (Å²) in [5, 5.41) is 11.7. The van der Waals surface area contributed by atoms with Gasteiger partial charge in [0.15, 0.2) is 6.61 Å². The van der Waals surface area contributed by atoms with E-state index in [9.17, 15) is 14.0 Å². The Labute approximate surface area is 138 Å². The third-order valence-electron chi connectivity index (χ3n) is 3.89. The van der Waals surface area contributed by atoms with Crippen molar-refractivity contribution in [3.8, 4) is 5.75 Å². The second-order valence-corrected chi connectivity index (χ2v) is 5.67. The summed E-state index contributed by atoms with van der Waals surface area (Å²) in [6.45, 7) is -0.403. The minimum absolute atomic E-state index is 0.0901. The maximum absolute atomic E-state index is 13.7. The second kappa shape index (κ2) is 6.70. The summed E-state index contributed by atoms with van der Waals surface area (Å²) >= 11 is 0. The smallest absolute Gasteiger partial charge is 0.310 e. The zero-order chi connectivity index (χ0) is 17.1. The zero-order valence-electron chi connectivity index (χ0n) is 12.7. The Bertz CT molecular complexity index is 760. The zero-order valence-corrected chi connectivity index (χ0v) is 12.7. The van der Waals surface area contributed by atoms with Gasteiger partial charge in [-0.2, -0.15) is 0 Å². The Balaban J connectivity index is 1.47. The van der Waals surface area contributed by atoms with Gasteiger partial charge in [0, 0.05) is 11.6 Å². The third kappa shape index (κ3) is 3.71. The molecule has 3 rings (SSSR count). The number of halogens is 1. The SMILES string of the molecule is O=C(COC(=O)[C@@H]1C[C@H]1c1ccccc1F)Nc1ccc(O)cc1. The molecule has 0 aliphatic heterocycles. The van der Waals surface area contributed by atoms with Crippen LogP contribution in [0.15, 0.2) is 48.5 Å². The van der Waals surface area contributed by atoms with Gasteiger partial charge in [0.25, 0.3) is 5.91 Å². The van der Waals surface area contributed by atoms with Gasteiger partial charge >= 0.3 is 5.97 Å². The number of carbonyl (C=O) groups excluding carboxylic acids is 2. The van der Waals surface area contributed by atoms with Crippen molar-refractivity contribution >= 4 is 17.6 Å². The van der Waals surface area contributed by atoms with Crippen LogP contribution in [0.4, 0.5) is 10.1 Å². The predicted octanol–water partition coefficient (Wildman–Crippen LogP) is 2.82. The van der Waals surface area contributed by atoms with Crippen LogP contribution < -0.4 is 5.32 Å². The van der Waals surface area contributed by atoms with Crippen molar-refractivity contribution in [1.29, 1.82) is 0 Å². The van der Waals surface area contributed by atoms with Crippen molar-refractivity contribution in [3.05, 3.63) is 59.9 Å². The first-order chi connectivity index (χ1) is 11.5. The summed E-state index contributed by atoms with van der Waals surface area (Å²) in [5.41, 5.74) is 0.998. The lowest BCUT2D eigenvalue weighted by Crippen LogP contribution is -2.21. The molecule has 2 aromatic rings. The number of ether oxygens (including phenoxy) is 1. The number of carbonyl (C=O) groups is 2. The highest BCUT2D eigenvalue weighted by Crippen LogP contribution is 2.48. The van der Waals surface area contributed by atoms with E-state index in [1.165, 1.54) is 30.3 Å². The average Bonchev–Trinajstić information content (AvgIpc) is 3.36. The van der Waals surface area contributed by atoms with Gasteiger partial charge in [-0.3, -0.25) is 9.59 Å². The molecule has 124 valence electrons. The summed E-state index contributed by atoms with van der Waals surface area (Å²) in [4.78, 5) is 23.7. The van der Waals surface area contributed by atoms with Crippen LogP contribution in [0.25, 0.3) is 0 Å². The molecule has 2 aromatic carbocycles. The number of hydrogen-bond acceptors (Lipinski definition) is 4. The van der Waals surface area contributed by atoms with Gasteiger partial charge in [-0.25, -0.2) is 4.39 Å². The van der Waals surface area contributed by atoms with E-state index in [4.69, 9.17) is 9.84 Å². The quantitative estimate of drug-likeness (QED) is 0.653. The van der Waals surface area contributed by atoms with Crippen molar-refractivity contribution in [1.82, 2.24) is 0 Å². The number of amides is 1. The molecular weight excluding hydrogens is 313 g/mol. The molecule has 0 saturated heterocycles. The summed E-state index contributed by atoms with van der Waals surface area (Å²) in [6, 6.07) is 12.3. The molecule has 24 heavy (non-hydrogen) atoms. The molecule has 1 aliphatic rings. The normalized spacial score (nSPS) is 18.7. The summed E-state index contributed by atoms with van der Waals surface area (Å²) in [7, 11) is 0. The molecule has 0 spiro atoms. The lowest BCUT2D eigenvalue weighted by Gasteiger charge is -2.07. The minimum atomic E-state index is -0.496. The molecule has 2 N–H and O–H groups in total. The molecule has 1 saturated carbocycles. The minimum Gasteiger partial charge on any atom is -0.508 e. The van der Waals surface area contributed by atoms with E-state index in [1.807, 2.05) is 0 Å². The van der Waals surface area contributed by atoms with Crippen LogP contribution in [0.5, 0.6) is 5.75 Å². The molecule has 0 radical (unpaired) electrons. The van der Waals surface area contributed by atoms with E-state index in [0.717, 1.165) is 0 Å². The summed E-state index contributed by atoms with van der Waals surface area (Å²) < 4.78 is 18.7. The van der Waals surface area contributed by atoms with Crippen molar-refractivity contribution in [2.24, 2.45) is 5.92 Å². The van der Waals surface area contributed by atoms with Crippen LogP contribution >= 0.6 is 0 Å². The lowest BCUT2D eigenvalue weighted by molar-refractivity contribution is -0.148. The average molecular weight is 329 g/mol. The fraction of sp³-hybridized carbons (Fsp3) is 0.222. The maximum atomic E-state index is 13.7. The fourth-order valence-corrected chi connectivity index (χ4v) is 2.56. The number of nitrogens with one attached hydrogen (secondary N) is 1. The van der Waals surface area contributed by atoms with Crippen LogP contribution in [-0.4, -0.2) is 23.6 Å². The van der Waals surface area contributed by atoms with E-state index in [2.05, 4.69) is 5.32 Å². The summed E-state index contributed by atoms with van der Waals surface area (Å²) in [5.74, 6) is -1.79. The number of phenolic OH excluding ortho intramolecular Hbond substituents is 1. The highest BCUT2D eigenvalue weighted by Gasteiger charge is 2.46. The highest BCUT2D eigenvalue weighted by atomic mass is 19.1. The molecule has 0 heterocycles. The van der Waals surface area contributed by atoms with Crippen LogP contribution in [-0.2, 0) is 14.3 Å². The van der Waals surface area contributed by atoms with Crippen molar-refractivity contribution in [2.75, 3.05) is 11.9 Å². The third-order valence-corrected chi connectivity index (χ3v) is 3.89. The van der Waals surface area contributed by atoms with E-state index in [0.29, 0.717) is 17.7 Å². The molecule has 6 heteroatoms. The topological polar surface area (TPSA) is 75.6 Å². The van der Waals surface area contributed by atoms with E-state index >= 15 is 0 Å². The molecule has 0 bridgehead atoms. The first-order valence-electron chi connectivity index (χ1n) is 7.54. The predicted molar refractivity (Wildman–Crippen MR) is 84.9 cm³/mol. The standard InChI is InChI=1S/C18H16FNO4/c19-16-4-2-1-3-13(16)14-9-15(14)18(23)24-10-17(22)20-11-5-7-12(21)8-6-11/h1-8,14-15,21H,9-10H2,(H,20,22)/t14-,15+/m0/s1. The van der Waals surface area contributed by atoms with Crippen LogP contribution in [0, 0.1) is 11.7 Å². The van der Waals surface area contributed by atoms with E-state index in [1.54, 1.807) is 18.2 Å². The molecule has 1 amide bonds. The van der Waals surface area contributed by atoms with Gasteiger partial charge in [0.2, 0.25) is 0 Å². The summed E-state index contributed by atoms with van der Waals surface area (Å²) in [6.07, 6.45) is 0.527. The molecule has 1 aliphatic carbocycles. The van der Waals surface area contributed by atoms with Gasteiger partial charge in [-0.1, -0.05) is 18.2 Å². The highest BCUT2D eigenvalue weighted by molar-refractivity contribution is 5.93. The molecule has 0 aromatic heterocycles. The number of rotatable bonds is 5. The van der Waals surface area contributed by atoms with Crippen LogP contribution in [0.3, 0.4) is 0 Å². The number of anilines is 1. The number of benzene rings is 2. The first-order valence-corrected chi connectivity index (χ1v) is 7.54.